The van der Waals surface area contributed by atoms with Gasteiger partial charge in [0.2, 0.25) is 0 Å². The zero-order chi connectivity index (χ0) is 18.1. The molecule has 0 unspecified atom stereocenters. The molecule has 1 aliphatic carbocycles. The SMILES string of the molecule is Cc1ccc(S(=O)(=O)n2cc3c(c2C#Cc2ccccc2)CCC3)cc1. The third-order valence-corrected chi connectivity index (χ3v) is 6.39. The summed E-state index contributed by atoms with van der Waals surface area (Å²) in [6.45, 7) is 1.94. The van der Waals surface area contributed by atoms with E-state index in [1.54, 1.807) is 18.3 Å². The first-order chi connectivity index (χ1) is 12.6. The van der Waals surface area contributed by atoms with Gasteiger partial charge in [0, 0.05) is 11.8 Å². The first kappa shape index (κ1) is 16.7. The van der Waals surface area contributed by atoms with Crippen molar-refractivity contribution in [3.63, 3.8) is 0 Å². The van der Waals surface area contributed by atoms with Crippen LogP contribution in [0.15, 0.2) is 65.7 Å². The molecule has 0 N–H and O–H groups in total. The Morgan fingerprint density at radius 1 is 0.923 bits per heavy atom. The monoisotopic (exact) mass is 361 g/mol. The van der Waals surface area contributed by atoms with E-state index in [1.165, 1.54) is 3.97 Å². The van der Waals surface area contributed by atoms with E-state index in [-0.39, 0.29) is 0 Å². The van der Waals surface area contributed by atoms with Gasteiger partial charge in [-0.15, -0.1) is 0 Å². The molecule has 26 heavy (non-hydrogen) atoms. The Kier molecular flexibility index (Phi) is 4.18. The Morgan fingerprint density at radius 3 is 2.38 bits per heavy atom. The maximum atomic E-state index is 13.2. The summed E-state index contributed by atoms with van der Waals surface area (Å²) in [6.07, 6.45) is 4.60. The van der Waals surface area contributed by atoms with Crippen LogP contribution in [0.25, 0.3) is 0 Å². The molecule has 130 valence electrons. The highest BCUT2D eigenvalue weighted by atomic mass is 32.2. The molecule has 2 aromatic carbocycles. The van der Waals surface area contributed by atoms with Crippen LogP contribution in [-0.2, 0) is 22.9 Å². The minimum Gasteiger partial charge on any atom is -0.233 e. The molecule has 0 fully saturated rings. The summed E-state index contributed by atoms with van der Waals surface area (Å²) in [4.78, 5) is 0.291. The van der Waals surface area contributed by atoms with Crippen molar-refractivity contribution in [2.24, 2.45) is 0 Å². The Bertz CT molecular complexity index is 1110. The first-order valence-corrected chi connectivity index (χ1v) is 10.1. The summed E-state index contributed by atoms with van der Waals surface area (Å²) in [5.74, 6) is 6.25. The number of hydrogen-bond acceptors (Lipinski definition) is 2. The zero-order valence-corrected chi connectivity index (χ0v) is 15.4. The highest BCUT2D eigenvalue weighted by molar-refractivity contribution is 7.90. The maximum Gasteiger partial charge on any atom is 0.268 e. The summed E-state index contributed by atoms with van der Waals surface area (Å²) >= 11 is 0. The van der Waals surface area contributed by atoms with Gasteiger partial charge in [0.25, 0.3) is 10.0 Å². The summed E-state index contributed by atoms with van der Waals surface area (Å²) in [6, 6.07) is 16.6. The van der Waals surface area contributed by atoms with Crippen molar-refractivity contribution >= 4 is 10.0 Å². The quantitative estimate of drug-likeness (QED) is 0.649. The largest absolute Gasteiger partial charge is 0.268 e. The van der Waals surface area contributed by atoms with E-state index in [0.29, 0.717) is 10.6 Å². The average Bonchev–Trinajstić information content (AvgIpc) is 3.23. The molecule has 1 heterocycles. The number of rotatable bonds is 2. The van der Waals surface area contributed by atoms with Gasteiger partial charge in [0.1, 0.15) is 5.69 Å². The van der Waals surface area contributed by atoms with Gasteiger partial charge in [0.15, 0.2) is 0 Å². The van der Waals surface area contributed by atoms with E-state index >= 15 is 0 Å². The van der Waals surface area contributed by atoms with Crippen molar-refractivity contribution < 1.29 is 8.42 Å². The lowest BCUT2D eigenvalue weighted by Crippen LogP contribution is -2.14. The van der Waals surface area contributed by atoms with Crippen LogP contribution in [0.3, 0.4) is 0 Å². The van der Waals surface area contributed by atoms with Gasteiger partial charge < -0.3 is 0 Å². The lowest BCUT2D eigenvalue weighted by molar-refractivity contribution is 0.586. The summed E-state index contributed by atoms with van der Waals surface area (Å²) in [5.41, 5.74) is 4.67. The minimum absolute atomic E-state index is 0.291. The molecular formula is C22H19NO2S. The fraction of sp³-hybridized carbons (Fsp3) is 0.182. The molecule has 1 aliphatic rings. The molecule has 0 saturated heterocycles. The number of hydrogen-bond donors (Lipinski definition) is 0. The predicted octanol–water partition coefficient (Wildman–Crippen LogP) is 3.92. The lowest BCUT2D eigenvalue weighted by Gasteiger charge is -2.09. The number of fused-ring (bicyclic) bond motifs is 1. The first-order valence-electron chi connectivity index (χ1n) is 8.68. The van der Waals surface area contributed by atoms with Gasteiger partial charge in [-0.2, -0.15) is 0 Å². The van der Waals surface area contributed by atoms with E-state index < -0.39 is 10.0 Å². The van der Waals surface area contributed by atoms with Gasteiger partial charge in [-0.05, 0) is 67.5 Å². The van der Waals surface area contributed by atoms with Crippen LogP contribution in [0.1, 0.15) is 34.4 Å². The molecule has 3 aromatic rings. The highest BCUT2D eigenvalue weighted by Crippen LogP contribution is 2.29. The molecular weight excluding hydrogens is 342 g/mol. The van der Waals surface area contributed by atoms with Crippen LogP contribution >= 0.6 is 0 Å². The maximum absolute atomic E-state index is 13.2. The third kappa shape index (κ3) is 2.95. The molecule has 0 saturated carbocycles. The van der Waals surface area contributed by atoms with Gasteiger partial charge in [-0.25, -0.2) is 12.4 Å². The molecule has 4 rings (SSSR count). The van der Waals surface area contributed by atoms with E-state index in [0.717, 1.165) is 41.5 Å². The highest BCUT2D eigenvalue weighted by Gasteiger charge is 2.26. The standard InChI is InChI=1S/C22H19NO2S/c1-17-10-13-20(14-11-17)26(24,25)23-16-19-8-5-9-21(19)22(23)15-12-18-6-3-2-4-7-18/h2-4,6-7,10-11,13-14,16H,5,8-9H2,1H3. The minimum atomic E-state index is -3.65. The summed E-state index contributed by atoms with van der Waals surface area (Å²) < 4.78 is 27.7. The van der Waals surface area contributed by atoms with Gasteiger partial charge in [-0.3, -0.25) is 0 Å². The van der Waals surface area contributed by atoms with Crippen molar-refractivity contribution in [3.8, 4) is 11.8 Å². The van der Waals surface area contributed by atoms with Crippen molar-refractivity contribution in [1.29, 1.82) is 0 Å². The molecule has 0 aliphatic heterocycles. The second-order valence-electron chi connectivity index (χ2n) is 6.56. The Balaban J connectivity index is 1.85. The molecule has 1 aromatic heterocycles. The van der Waals surface area contributed by atoms with Crippen LogP contribution in [0.5, 0.6) is 0 Å². The van der Waals surface area contributed by atoms with Crippen LogP contribution in [0.4, 0.5) is 0 Å². The molecule has 4 heteroatoms. The van der Waals surface area contributed by atoms with Crippen LogP contribution < -0.4 is 0 Å². The van der Waals surface area contributed by atoms with Gasteiger partial charge >= 0.3 is 0 Å². The molecule has 0 bridgehead atoms. The number of benzene rings is 2. The van der Waals surface area contributed by atoms with Gasteiger partial charge in [0.05, 0.1) is 4.90 Å². The average molecular weight is 361 g/mol. The van der Waals surface area contributed by atoms with Crippen molar-refractivity contribution in [2.75, 3.05) is 0 Å². The Hall–Kier alpha value is -2.77. The third-order valence-electron chi connectivity index (χ3n) is 4.72. The second kappa shape index (κ2) is 6.51. The second-order valence-corrected chi connectivity index (χ2v) is 8.38. The number of aromatic nitrogens is 1. The molecule has 3 nitrogen and oxygen atoms in total. The fourth-order valence-electron chi connectivity index (χ4n) is 3.32. The number of nitrogens with zero attached hydrogens (tertiary/aromatic N) is 1. The molecule has 0 radical (unpaired) electrons. The van der Waals surface area contributed by atoms with Crippen LogP contribution in [0.2, 0.25) is 0 Å². The summed E-state index contributed by atoms with van der Waals surface area (Å²) in [5, 5.41) is 0. The molecule has 0 atom stereocenters. The zero-order valence-electron chi connectivity index (χ0n) is 14.6. The van der Waals surface area contributed by atoms with E-state index in [9.17, 15) is 8.42 Å². The molecule has 0 spiro atoms. The van der Waals surface area contributed by atoms with Gasteiger partial charge in [-0.1, -0.05) is 41.8 Å². The van der Waals surface area contributed by atoms with Crippen molar-refractivity contribution in [1.82, 2.24) is 3.97 Å². The predicted molar refractivity (Wildman–Crippen MR) is 103 cm³/mol. The lowest BCUT2D eigenvalue weighted by atomic mass is 10.1. The van der Waals surface area contributed by atoms with Crippen LogP contribution in [0, 0.1) is 18.8 Å². The summed E-state index contributed by atoms with van der Waals surface area (Å²) in [7, 11) is -3.65. The fourth-order valence-corrected chi connectivity index (χ4v) is 4.69. The normalized spacial score (nSPS) is 13.1. The van der Waals surface area contributed by atoms with Crippen molar-refractivity contribution in [2.45, 2.75) is 31.1 Å². The number of aryl methyl sites for hydroxylation is 2. The van der Waals surface area contributed by atoms with Crippen LogP contribution in [-0.4, -0.2) is 12.4 Å². The van der Waals surface area contributed by atoms with E-state index in [4.69, 9.17) is 0 Å². The van der Waals surface area contributed by atoms with Crippen molar-refractivity contribution in [3.05, 3.63) is 88.7 Å². The Morgan fingerprint density at radius 2 is 1.65 bits per heavy atom. The molecule has 0 amide bonds. The van der Waals surface area contributed by atoms with E-state index in [1.807, 2.05) is 49.4 Å². The Labute approximate surface area is 154 Å². The smallest absolute Gasteiger partial charge is 0.233 e. The van der Waals surface area contributed by atoms with E-state index in [2.05, 4.69) is 11.8 Å². The topological polar surface area (TPSA) is 39.1 Å².